The maximum atomic E-state index is 6.28. The SMILES string of the molecule is CCc1ccccc1OC1CCOC2(CCCC2)C1. The van der Waals surface area contributed by atoms with Gasteiger partial charge in [-0.3, -0.25) is 0 Å². The van der Waals surface area contributed by atoms with E-state index < -0.39 is 0 Å². The number of para-hydroxylation sites is 1. The summed E-state index contributed by atoms with van der Waals surface area (Å²) in [6.45, 7) is 3.05. The smallest absolute Gasteiger partial charge is 0.122 e. The molecule has 1 saturated carbocycles. The first-order valence-corrected chi connectivity index (χ1v) is 7.70. The van der Waals surface area contributed by atoms with Crippen LogP contribution < -0.4 is 4.74 Å². The van der Waals surface area contributed by atoms with E-state index in [0.717, 1.165) is 31.6 Å². The zero-order chi connectivity index (χ0) is 13.1. The molecule has 0 aromatic heterocycles. The summed E-state index contributed by atoms with van der Waals surface area (Å²) < 4.78 is 12.4. The molecule has 1 aliphatic carbocycles. The molecule has 1 aliphatic heterocycles. The second-order valence-corrected chi connectivity index (χ2v) is 5.93. The van der Waals surface area contributed by atoms with Crippen molar-refractivity contribution in [2.24, 2.45) is 0 Å². The molecule has 3 rings (SSSR count). The van der Waals surface area contributed by atoms with E-state index >= 15 is 0 Å². The minimum Gasteiger partial charge on any atom is -0.490 e. The predicted molar refractivity (Wildman–Crippen MR) is 76.6 cm³/mol. The Kier molecular flexibility index (Phi) is 3.79. The van der Waals surface area contributed by atoms with Crippen molar-refractivity contribution in [1.82, 2.24) is 0 Å². The van der Waals surface area contributed by atoms with E-state index in [4.69, 9.17) is 9.47 Å². The van der Waals surface area contributed by atoms with Crippen LogP contribution in [-0.2, 0) is 11.2 Å². The van der Waals surface area contributed by atoms with Crippen molar-refractivity contribution >= 4 is 0 Å². The minimum atomic E-state index is 0.143. The van der Waals surface area contributed by atoms with Gasteiger partial charge in [0.15, 0.2) is 0 Å². The van der Waals surface area contributed by atoms with Crippen LogP contribution in [-0.4, -0.2) is 18.3 Å². The normalized spacial score (nSPS) is 25.6. The second-order valence-electron chi connectivity index (χ2n) is 5.93. The molecular formula is C17H24O2. The molecule has 0 bridgehead atoms. The number of ether oxygens (including phenoxy) is 2. The largest absolute Gasteiger partial charge is 0.490 e. The molecule has 1 aromatic carbocycles. The lowest BCUT2D eigenvalue weighted by atomic mass is 9.90. The van der Waals surface area contributed by atoms with Crippen molar-refractivity contribution in [2.45, 2.75) is 63.6 Å². The van der Waals surface area contributed by atoms with Crippen LogP contribution >= 0.6 is 0 Å². The van der Waals surface area contributed by atoms with Crippen LogP contribution in [0.3, 0.4) is 0 Å². The lowest BCUT2D eigenvalue weighted by molar-refractivity contribution is -0.108. The summed E-state index contributed by atoms with van der Waals surface area (Å²) in [4.78, 5) is 0. The van der Waals surface area contributed by atoms with Gasteiger partial charge in [-0.15, -0.1) is 0 Å². The predicted octanol–water partition coefficient (Wildman–Crippen LogP) is 4.12. The van der Waals surface area contributed by atoms with Crippen molar-refractivity contribution in [3.05, 3.63) is 29.8 Å². The fraction of sp³-hybridized carbons (Fsp3) is 0.647. The average molecular weight is 260 g/mol. The van der Waals surface area contributed by atoms with E-state index in [9.17, 15) is 0 Å². The first-order valence-electron chi connectivity index (χ1n) is 7.70. The monoisotopic (exact) mass is 260 g/mol. The maximum absolute atomic E-state index is 6.28. The molecule has 104 valence electrons. The van der Waals surface area contributed by atoms with Crippen molar-refractivity contribution < 1.29 is 9.47 Å². The van der Waals surface area contributed by atoms with Crippen LogP contribution in [0.5, 0.6) is 5.75 Å². The maximum Gasteiger partial charge on any atom is 0.122 e. The highest BCUT2D eigenvalue weighted by molar-refractivity contribution is 5.33. The summed E-state index contributed by atoms with van der Waals surface area (Å²) in [6, 6.07) is 8.43. The molecule has 0 radical (unpaired) electrons. The van der Waals surface area contributed by atoms with Gasteiger partial charge in [-0.25, -0.2) is 0 Å². The van der Waals surface area contributed by atoms with Crippen molar-refractivity contribution in [3.63, 3.8) is 0 Å². The van der Waals surface area contributed by atoms with Gasteiger partial charge < -0.3 is 9.47 Å². The zero-order valence-corrected chi connectivity index (χ0v) is 11.9. The summed E-state index contributed by atoms with van der Waals surface area (Å²) >= 11 is 0. The average Bonchev–Trinajstić information content (AvgIpc) is 2.87. The zero-order valence-electron chi connectivity index (χ0n) is 11.9. The van der Waals surface area contributed by atoms with E-state index in [1.165, 1.54) is 31.2 Å². The van der Waals surface area contributed by atoms with Crippen LogP contribution in [0.1, 0.15) is 51.0 Å². The highest BCUT2D eigenvalue weighted by atomic mass is 16.5. The minimum absolute atomic E-state index is 0.143. The van der Waals surface area contributed by atoms with Gasteiger partial charge in [-0.05, 0) is 30.9 Å². The first-order chi connectivity index (χ1) is 9.31. The lowest BCUT2D eigenvalue weighted by Gasteiger charge is -2.38. The third-order valence-electron chi connectivity index (χ3n) is 4.61. The van der Waals surface area contributed by atoms with E-state index in [2.05, 4.69) is 31.2 Å². The Morgan fingerprint density at radius 1 is 1.26 bits per heavy atom. The highest BCUT2D eigenvalue weighted by Crippen LogP contribution is 2.41. The topological polar surface area (TPSA) is 18.5 Å². The van der Waals surface area contributed by atoms with Gasteiger partial charge in [-0.2, -0.15) is 0 Å². The van der Waals surface area contributed by atoms with E-state index in [1.807, 2.05) is 0 Å². The molecule has 19 heavy (non-hydrogen) atoms. The number of hydrogen-bond acceptors (Lipinski definition) is 2. The summed E-state index contributed by atoms with van der Waals surface area (Å²) in [5.74, 6) is 1.07. The molecule has 2 aliphatic rings. The summed E-state index contributed by atoms with van der Waals surface area (Å²) in [5, 5.41) is 0. The van der Waals surface area contributed by atoms with Crippen LogP contribution in [0.15, 0.2) is 24.3 Å². The first kappa shape index (κ1) is 13.0. The van der Waals surface area contributed by atoms with Crippen LogP contribution in [0.2, 0.25) is 0 Å². The van der Waals surface area contributed by atoms with Gasteiger partial charge >= 0.3 is 0 Å². The fourth-order valence-electron chi connectivity index (χ4n) is 3.54. The van der Waals surface area contributed by atoms with Crippen molar-refractivity contribution in [1.29, 1.82) is 0 Å². The van der Waals surface area contributed by atoms with Crippen molar-refractivity contribution in [2.75, 3.05) is 6.61 Å². The van der Waals surface area contributed by atoms with Crippen LogP contribution in [0, 0.1) is 0 Å². The fourth-order valence-corrected chi connectivity index (χ4v) is 3.54. The quantitative estimate of drug-likeness (QED) is 0.814. The summed E-state index contributed by atoms with van der Waals surface area (Å²) in [5.41, 5.74) is 1.46. The Balaban J connectivity index is 1.69. The number of hydrogen-bond donors (Lipinski definition) is 0. The molecule has 1 unspecified atom stereocenters. The molecule has 2 heteroatoms. The van der Waals surface area contributed by atoms with Gasteiger partial charge in [0, 0.05) is 12.8 Å². The van der Waals surface area contributed by atoms with E-state index in [0.29, 0.717) is 6.10 Å². The third-order valence-corrected chi connectivity index (χ3v) is 4.61. The summed E-state index contributed by atoms with van der Waals surface area (Å²) in [6.07, 6.45) is 8.55. The Morgan fingerprint density at radius 2 is 2.05 bits per heavy atom. The van der Waals surface area contributed by atoms with Crippen LogP contribution in [0.4, 0.5) is 0 Å². The van der Waals surface area contributed by atoms with Crippen molar-refractivity contribution in [3.8, 4) is 5.75 Å². The Hall–Kier alpha value is -1.02. The Bertz CT molecular complexity index is 421. The second kappa shape index (κ2) is 5.54. The molecular weight excluding hydrogens is 236 g/mol. The molecule has 2 nitrogen and oxygen atoms in total. The molecule has 0 amide bonds. The molecule has 1 aromatic rings. The number of aryl methyl sites for hydroxylation is 1. The van der Waals surface area contributed by atoms with E-state index in [-0.39, 0.29) is 5.60 Å². The molecule has 2 fully saturated rings. The summed E-state index contributed by atoms with van der Waals surface area (Å²) in [7, 11) is 0. The molecule has 1 heterocycles. The Morgan fingerprint density at radius 3 is 2.84 bits per heavy atom. The van der Waals surface area contributed by atoms with Gasteiger partial charge in [0.25, 0.3) is 0 Å². The van der Waals surface area contributed by atoms with Gasteiger partial charge in [0.2, 0.25) is 0 Å². The van der Waals surface area contributed by atoms with Gasteiger partial charge in [0.05, 0.1) is 12.2 Å². The molecule has 0 N–H and O–H groups in total. The van der Waals surface area contributed by atoms with Crippen LogP contribution in [0.25, 0.3) is 0 Å². The lowest BCUT2D eigenvalue weighted by Crippen LogP contribution is -2.41. The Labute approximate surface area is 116 Å². The number of benzene rings is 1. The molecule has 1 saturated heterocycles. The number of rotatable bonds is 3. The standard InChI is InChI=1S/C17H24O2/c1-2-14-7-3-4-8-16(14)19-15-9-12-18-17(13-15)10-5-6-11-17/h3-4,7-8,15H,2,5-6,9-13H2,1H3. The van der Waals surface area contributed by atoms with E-state index in [1.54, 1.807) is 0 Å². The van der Waals surface area contributed by atoms with Gasteiger partial charge in [0.1, 0.15) is 11.9 Å². The highest BCUT2D eigenvalue weighted by Gasteiger charge is 2.40. The molecule has 1 atom stereocenters. The van der Waals surface area contributed by atoms with Gasteiger partial charge in [-0.1, -0.05) is 38.0 Å². The third kappa shape index (κ3) is 2.79. The molecule has 1 spiro atoms.